The van der Waals surface area contributed by atoms with Gasteiger partial charge < -0.3 is 4.74 Å². The SMILES string of the molecule is COC(=O)c1cn(CC(=O)NC(=O)c2ccccc2)nn1. The smallest absolute Gasteiger partial charge is 0.360 e. The number of rotatable bonds is 4. The molecule has 1 heterocycles. The average molecular weight is 288 g/mol. The molecule has 0 bridgehead atoms. The first-order chi connectivity index (χ1) is 10.1. The fourth-order valence-corrected chi connectivity index (χ4v) is 1.55. The molecule has 2 aromatic rings. The summed E-state index contributed by atoms with van der Waals surface area (Å²) in [7, 11) is 1.21. The lowest BCUT2D eigenvalue weighted by molar-refractivity contribution is -0.120. The third-order valence-corrected chi connectivity index (χ3v) is 2.53. The Labute approximate surface area is 119 Å². The Morgan fingerprint density at radius 1 is 1.24 bits per heavy atom. The summed E-state index contributed by atoms with van der Waals surface area (Å²) in [6.45, 7) is -0.234. The molecule has 1 N–H and O–H groups in total. The first-order valence-electron chi connectivity index (χ1n) is 5.98. The Hall–Kier alpha value is -3.03. The van der Waals surface area contributed by atoms with Crippen molar-refractivity contribution in [3.05, 3.63) is 47.8 Å². The van der Waals surface area contributed by atoms with Crippen LogP contribution in [0.25, 0.3) is 0 Å². The van der Waals surface area contributed by atoms with Crippen LogP contribution in [0, 0.1) is 0 Å². The number of methoxy groups -OCH3 is 1. The molecule has 0 spiro atoms. The third-order valence-electron chi connectivity index (χ3n) is 2.53. The molecule has 0 unspecified atom stereocenters. The third kappa shape index (κ3) is 3.72. The molecule has 0 aliphatic carbocycles. The molecule has 0 saturated carbocycles. The fraction of sp³-hybridized carbons (Fsp3) is 0.154. The van der Waals surface area contributed by atoms with E-state index < -0.39 is 17.8 Å². The quantitative estimate of drug-likeness (QED) is 0.796. The van der Waals surface area contributed by atoms with Crippen LogP contribution in [0.5, 0.6) is 0 Å². The Morgan fingerprint density at radius 2 is 1.95 bits per heavy atom. The molecule has 108 valence electrons. The summed E-state index contributed by atoms with van der Waals surface area (Å²) in [5.41, 5.74) is 0.361. The number of hydrogen-bond donors (Lipinski definition) is 1. The van der Waals surface area contributed by atoms with Crippen molar-refractivity contribution in [1.82, 2.24) is 20.3 Å². The van der Waals surface area contributed by atoms with E-state index >= 15 is 0 Å². The summed E-state index contributed by atoms with van der Waals surface area (Å²) in [5, 5.41) is 9.36. The number of nitrogens with zero attached hydrogens (tertiary/aromatic N) is 3. The standard InChI is InChI=1S/C13H12N4O4/c1-21-13(20)10-7-17(16-15-10)8-11(18)14-12(19)9-5-3-2-4-6-9/h2-7H,8H2,1H3,(H,14,18,19). The van der Waals surface area contributed by atoms with Crippen LogP contribution in [-0.4, -0.2) is 39.9 Å². The number of hydrogen-bond acceptors (Lipinski definition) is 6. The van der Waals surface area contributed by atoms with E-state index in [9.17, 15) is 14.4 Å². The highest BCUT2D eigenvalue weighted by Gasteiger charge is 2.14. The molecule has 2 rings (SSSR count). The van der Waals surface area contributed by atoms with E-state index in [-0.39, 0.29) is 12.2 Å². The van der Waals surface area contributed by atoms with Crippen LogP contribution < -0.4 is 5.32 Å². The molecule has 0 aliphatic heterocycles. The van der Waals surface area contributed by atoms with E-state index in [1.807, 2.05) is 0 Å². The maximum Gasteiger partial charge on any atom is 0.360 e. The Balaban J connectivity index is 1.94. The Bertz CT molecular complexity index is 666. The molecule has 0 aliphatic rings. The van der Waals surface area contributed by atoms with E-state index in [1.54, 1.807) is 30.3 Å². The number of imide groups is 1. The summed E-state index contributed by atoms with van der Waals surface area (Å²) in [6, 6.07) is 8.34. The highest BCUT2D eigenvalue weighted by Crippen LogP contribution is 1.98. The van der Waals surface area contributed by atoms with Crippen LogP contribution in [0.3, 0.4) is 0 Å². The molecule has 2 amide bonds. The normalized spacial score (nSPS) is 9.95. The predicted molar refractivity (Wildman–Crippen MR) is 70.3 cm³/mol. The number of carbonyl (C=O) groups is 3. The molecule has 8 heteroatoms. The van der Waals surface area contributed by atoms with E-state index in [2.05, 4.69) is 20.4 Å². The predicted octanol–water partition coefficient (Wildman–Crippen LogP) is 0.0213. The number of benzene rings is 1. The van der Waals surface area contributed by atoms with E-state index in [0.717, 1.165) is 4.68 Å². The number of nitrogens with one attached hydrogen (secondary N) is 1. The van der Waals surface area contributed by atoms with Gasteiger partial charge in [-0.2, -0.15) is 0 Å². The molecule has 1 aromatic carbocycles. The Kier molecular flexibility index (Phi) is 4.39. The van der Waals surface area contributed by atoms with Crippen LogP contribution in [-0.2, 0) is 16.1 Å². The zero-order valence-electron chi connectivity index (χ0n) is 11.1. The summed E-state index contributed by atoms with van der Waals surface area (Å²) < 4.78 is 5.61. The summed E-state index contributed by atoms with van der Waals surface area (Å²) >= 11 is 0. The van der Waals surface area contributed by atoms with Crippen molar-refractivity contribution < 1.29 is 19.1 Å². The zero-order valence-corrected chi connectivity index (χ0v) is 11.1. The van der Waals surface area contributed by atoms with Gasteiger partial charge in [-0.15, -0.1) is 5.10 Å². The van der Waals surface area contributed by atoms with Crippen molar-refractivity contribution in [2.75, 3.05) is 7.11 Å². The van der Waals surface area contributed by atoms with Crippen LogP contribution in [0.2, 0.25) is 0 Å². The van der Waals surface area contributed by atoms with Gasteiger partial charge in [-0.1, -0.05) is 23.4 Å². The Morgan fingerprint density at radius 3 is 2.62 bits per heavy atom. The van der Waals surface area contributed by atoms with Gasteiger partial charge in [0.1, 0.15) is 6.54 Å². The topological polar surface area (TPSA) is 103 Å². The molecule has 21 heavy (non-hydrogen) atoms. The highest BCUT2D eigenvalue weighted by atomic mass is 16.5. The van der Waals surface area contributed by atoms with Crippen molar-refractivity contribution in [3.8, 4) is 0 Å². The lowest BCUT2D eigenvalue weighted by Gasteiger charge is -2.03. The number of carbonyl (C=O) groups excluding carboxylic acids is 3. The minimum absolute atomic E-state index is 0.0142. The molecule has 0 saturated heterocycles. The van der Waals surface area contributed by atoms with E-state index in [1.165, 1.54) is 13.3 Å². The maximum atomic E-state index is 11.8. The van der Waals surface area contributed by atoms with E-state index in [4.69, 9.17) is 0 Å². The molecule has 0 radical (unpaired) electrons. The number of amides is 2. The monoisotopic (exact) mass is 288 g/mol. The van der Waals surface area contributed by atoms with Gasteiger partial charge in [-0.25, -0.2) is 9.48 Å². The number of aromatic nitrogens is 3. The fourth-order valence-electron chi connectivity index (χ4n) is 1.55. The summed E-state index contributed by atoms with van der Waals surface area (Å²) in [4.78, 5) is 34.6. The van der Waals surface area contributed by atoms with Crippen LogP contribution >= 0.6 is 0 Å². The first-order valence-corrected chi connectivity index (χ1v) is 5.98. The number of esters is 1. The molecule has 0 atom stereocenters. The van der Waals surface area contributed by atoms with Gasteiger partial charge in [-0.05, 0) is 12.1 Å². The second kappa shape index (κ2) is 6.42. The second-order valence-electron chi connectivity index (χ2n) is 4.04. The van der Waals surface area contributed by atoms with Gasteiger partial charge in [0, 0.05) is 5.56 Å². The molecular formula is C13H12N4O4. The lowest BCUT2D eigenvalue weighted by Crippen LogP contribution is -2.33. The molecule has 0 fully saturated rings. The van der Waals surface area contributed by atoms with Crippen molar-refractivity contribution in [2.24, 2.45) is 0 Å². The first kappa shape index (κ1) is 14.4. The van der Waals surface area contributed by atoms with Gasteiger partial charge in [0.05, 0.1) is 13.3 Å². The molecule has 1 aromatic heterocycles. The average Bonchev–Trinajstić information content (AvgIpc) is 2.95. The zero-order chi connectivity index (χ0) is 15.2. The lowest BCUT2D eigenvalue weighted by atomic mass is 10.2. The minimum Gasteiger partial charge on any atom is -0.464 e. The van der Waals surface area contributed by atoms with E-state index in [0.29, 0.717) is 5.56 Å². The van der Waals surface area contributed by atoms with Crippen LogP contribution in [0.1, 0.15) is 20.8 Å². The van der Waals surface area contributed by atoms with Gasteiger partial charge in [0.2, 0.25) is 5.91 Å². The van der Waals surface area contributed by atoms with Crippen molar-refractivity contribution in [3.63, 3.8) is 0 Å². The van der Waals surface area contributed by atoms with Gasteiger partial charge in [0.25, 0.3) is 5.91 Å². The van der Waals surface area contributed by atoms with Crippen molar-refractivity contribution in [2.45, 2.75) is 6.54 Å². The van der Waals surface area contributed by atoms with Gasteiger partial charge in [0.15, 0.2) is 5.69 Å². The van der Waals surface area contributed by atoms with Crippen LogP contribution in [0.15, 0.2) is 36.5 Å². The highest BCUT2D eigenvalue weighted by molar-refractivity contribution is 6.04. The van der Waals surface area contributed by atoms with Crippen LogP contribution in [0.4, 0.5) is 0 Å². The summed E-state index contributed by atoms with van der Waals surface area (Å²) in [5.74, 6) is -1.72. The maximum absolute atomic E-state index is 11.8. The largest absolute Gasteiger partial charge is 0.464 e. The minimum atomic E-state index is -0.651. The van der Waals surface area contributed by atoms with Gasteiger partial charge in [-0.3, -0.25) is 14.9 Å². The number of ether oxygens (including phenoxy) is 1. The van der Waals surface area contributed by atoms with Gasteiger partial charge >= 0.3 is 5.97 Å². The molecule has 8 nitrogen and oxygen atoms in total. The summed E-state index contributed by atoms with van der Waals surface area (Å²) in [6.07, 6.45) is 1.26. The van der Waals surface area contributed by atoms with Crippen molar-refractivity contribution in [1.29, 1.82) is 0 Å². The second-order valence-corrected chi connectivity index (χ2v) is 4.04. The van der Waals surface area contributed by atoms with Crippen molar-refractivity contribution >= 4 is 17.8 Å². The molecular weight excluding hydrogens is 276 g/mol.